The number of benzene rings is 2. The van der Waals surface area contributed by atoms with Crippen LogP contribution in [0.1, 0.15) is 11.1 Å². The van der Waals surface area contributed by atoms with E-state index in [2.05, 4.69) is 5.32 Å². The van der Waals surface area contributed by atoms with Crippen LogP contribution >= 0.6 is 35.4 Å². The summed E-state index contributed by atoms with van der Waals surface area (Å²) in [5, 5.41) is 4.36. The van der Waals surface area contributed by atoms with Gasteiger partial charge in [-0.2, -0.15) is 0 Å². The molecule has 0 saturated carbocycles. The van der Waals surface area contributed by atoms with Crippen molar-refractivity contribution in [2.24, 2.45) is 4.99 Å². The van der Waals surface area contributed by atoms with Crippen LogP contribution in [0.15, 0.2) is 70.3 Å². The number of amides is 1. The minimum Gasteiger partial charge on any atom is -0.448 e. The maximum Gasteiger partial charge on any atom is 0.272 e. The largest absolute Gasteiger partial charge is 0.448 e. The summed E-state index contributed by atoms with van der Waals surface area (Å²) in [7, 11) is 3.43. The van der Waals surface area contributed by atoms with Gasteiger partial charge in [0.05, 0.1) is 17.7 Å². The predicted octanol–water partition coefficient (Wildman–Crippen LogP) is 4.74. The van der Waals surface area contributed by atoms with Crippen LogP contribution in [0.4, 0.5) is 11.6 Å². The lowest BCUT2D eigenvalue weighted by Gasteiger charge is -2.24. The molecule has 1 atom stereocenters. The van der Waals surface area contributed by atoms with Gasteiger partial charge in [0.15, 0.2) is 5.11 Å². The van der Waals surface area contributed by atoms with Crippen LogP contribution in [0, 0.1) is 0 Å². The van der Waals surface area contributed by atoms with Gasteiger partial charge < -0.3 is 14.6 Å². The number of nitrogens with one attached hydrogen (secondary N) is 1. The fourth-order valence-corrected chi connectivity index (χ4v) is 3.88. The number of thiocarbonyl (C=S) groups is 1. The Labute approximate surface area is 195 Å². The molecule has 6 nitrogen and oxygen atoms in total. The summed E-state index contributed by atoms with van der Waals surface area (Å²) in [6.07, 6.45) is 0.569. The van der Waals surface area contributed by atoms with Gasteiger partial charge in [-0.15, -0.1) is 0 Å². The Hall–Kier alpha value is -2.87. The second-order valence-electron chi connectivity index (χ2n) is 6.88. The van der Waals surface area contributed by atoms with Crippen LogP contribution in [-0.4, -0.2) is 37.0 Å². The number of hydrogen-bond donors (Lipinski definition) is 1. The maximum atomic E-state index is 13.3. The van der Waals surface area contributed by atoms with Crippen molar-refractivity contribution in [1.82, 2.24) is 5.32 Å². The zero-order valence-electron chi connectivity index (χ0n) is 16.7. The number of rotatable bonds is 3. The van der Waals surface area contributed by atoms with E-state index < -0.39 is 6.17 Å². The Morgan fingerprint density at radius 3 is 2.65 bits per heavy atom. The molecule has 9 heteroatoms. The molecule has 0 aliphatic carbocycles. The smallest absolute Gasteiger partial charge is 0.272 e. The number of halogens is 2. The summed E-state index contributed by atoms with van der Waals surface area (Å²) in [6.45, 7) is 0. The number of fused-ring (bicyclic) bond motifs is 1. The second kappa shape index (κ2) is 8.70. The van der Waals surface area contributed by atoms with Gasteiger partial charge in [0.2, 0.25) is 12.0 Å². The molecule has 0 spiro atoms. The number of furan rings is 1. The van der Waals surface area contributed by atoms with E-state index in [9.17, 15) is 4.79 Å². The van der Waals surface area contributed by atoms with Gasteiger partial charge in [-0.25, -0.2) is 4.99 Å². The topological polar surface area (TPSA) is 61.1 Å². The Bertz CT molecular complexity index is 1180. The summed E-state index contributed by atoms with van der Waals surface area (Å²) in [5.74, 6) is 0.262. The molecule has 31 heavy (non-hydrogen) atoms. The van der Waals surface area contributed by atoms with E-state index in [1.54, 1.807) is 61.7 Å². The molecular formula is C22H18Cl2N4O2S. The zero-order valence-corrected chi connectivity index (χ0v) is 19.0. The van der Waals surface area contributed by atoms with Crippen LogP contribution in [0.5, 0.6) is 0 Å². The van der Waals surface area contributed by atoms with E-state index in [0.717, 1.165) is 0 Å². The zero-order chi connectivity index (χ0) is 22.1. The standard InChI is InChI=1S/C22H18Cl2N4O2S/c1-27-17-10-9-13(23)12-15(17)19(14-6-3-4-7-16(14)24)25-20(21(27)29)26-22(31)28(2)18-8-5-11-30-18/h3-12,20H,1-2H3,(H,26,31). The minimum atomic E-state index is -0.979. The van der Waals surface area contributed by atoms with E-state index in [4.69, 9.17) is 44.8 Å². The Kier molecular flexibility index (Phi) is 6.00. The number of aliphatic imine (C=N–C) groups is 1. The number of nitrogens with zero attached hydrogens (tertiary/aromatic N) is 3. The number of anilines is 2. The molecule has 1 aliphatic heterocycles. The van der Waals surface area contributed by atoms with E-state index in [1.165, 1.54) is 4.90 Å². The molecule has 1 N–H and O–H groups in total. The van der Waals surface area contributed by atoms with Gasteiger partial charge in [0.1, 0.15) is 0 Å². The fourth-order valence-electron chi connectivity index (χ4n) is 3.28. The van der Waals surface area contributed by atoms with E-state index in [1.807, 2.05) is 18.2 Å². The summed E-state index contributed by atoms with van der Waals surface area (Å²) in [6, 6.07) is 16.2. The quantitative estimate of drug-likeness (QED) is 0.557. The maximum absolute atomic E-state index is 13.3. The van der Waals surface area contributed by atoms with Crippen molar-refractivity contribution in [2.45, 2.75) is 6.17 Å². The van der Waals surface area contributed by atoms with E-state index >= 15 is 0 Å². The Morgan fingerprint density at radius 1 is 1.16 bits per heavy atom. The molecule has 4 rings (SSSR count). The van der Waals surface area contributed by atoms with Crippen LogP contribution in [0.25, 0.3) is 0 Å². The van der Waals surface area contributed by atoms with Crippen LogP contribution < -0.4 is 15.1 Å². The molecule has 2 aromatic carbocycles. The molecule has 0 saturated heterocycles. The monoisotopic (exact) mass is 472 g/mol. The number of likely N-dealkylation sites (N-methyl/N-ethyl adjacent to an activating group) is 1. The van der Waals surface area contributed by atoms with Crippen molar-refractivity contribution in [3.63, 3.8) is 0 Å². The highest BCUT2D eigenvalue weighted by molar-refractivity contribution is 7.80. The third-order valence-electron chi connectivity index (χ3n) is 4.93. The SMILES string of the molecule is CN(C(=S)NC1N=C(c2ccccc2Cl)c2cc(Cl)ccc2N(C)C1=O)c1ccco1. The second-order valence-corrected chi connectivity index (χ2v) is 8.11. The van der Waals surface area contributed by atoms with Gasteiger partial charge in [-0.05, 0) is 42.5 Å². The van der Waals surface area contributed by atoms with E-state index in [-0.39, 0.29) is 11.0 Å². The van der Waals surface area contributed by atoms with Crippen molar-refractivity contribution in [1.29, 1.82) is 0 Å². The molecular weight excluding hydrogens is 455 g/mol. The molecule has 1 aromatic heterocycles. The Morgan fingerprint density at radius 2 is 1.94 bits per heavy atom. The van der Waals surface area contributed by atoms with Gasteiger partial charge in [0, 0.05) is 41.3 Å². The van der Waals surface area contributed by atoms with Crippen LogP contribution in [-0.2, 0) is 4.79 Å². The van der Waals surface area contributed by atoms with Crippen molar-refractivity contribution in [3.8, 4) is 0 Å². The molecule has 3 aromatic rings. The minimum absolute atomic E-state index is 0.277. The van der Waals surface area contributed by atoms with Gasteiger partial charge in [-0.1, -0.05) is 41.4 Å². The van der Waals surface area contributed by atoms with Gasteiger partial charge >= 0.3 is 0 Å². The molecule has 1 unspecified atom stereocenters. The lowest BCUT2D eigenvalue weighted by atomic mass is 10.00. The van der Waals surface area contributed by atoms with Crippen LogP contribution in [0.3, 0.4) is 0 Å². The first-order valence-corrected chi connectivity index (χ1v) is 10.5. The summed E-state index contributed by atoms with van der Waals surface area (Å²) in [5.41, 5.74) is 2.60. The highest BCUT2D eigenvalue weighted by Gasteiger charge is 2.32. The molecule has 0 fully saturated rings. The fraction of sp³-hybridized carbons (Fsp3) is 0.136. The third kappa shape index (κ3) is 4.17. The van der Waals surface area contributed by atoms with Crippen molar-refractivity contribution >= 4 is 63.7 Å². The van der Waals surface area contributed by atoms with Gasteiger partial charge in [0.25, 0.3) is 5.91 Å². The average Bonchev–Trinajstić information content (AvgIpc) is 3.27. The molecule has 158 valence electrons. The first-order valence-electron chi connectivity index (χ1n) is 9.34. The first kappa shape index (κ1) is 21.4. The normalized spacial score (nSPS) is 15.7. The highest BCUT2D eigenvalue weighted by atomic mass is 35.5. The number of benzodiazepines with no additional fused rings is 1. The van der Waals surface area contributed by atoms with Crippen LogP contribution in [0.2, 0.25) is 10.0 Å². The third-order valence-corrected chi connectivity index (χ3v) is 5.88. The predicted molar refractivity (Wildman–Crippen MR) is 129 cm³/mol. The average molecular weight is 473 g/mol. The summed E-state index contributed by atoms with van der Waals surface area (Å²) in [4.78, 5) is 21.2. The first-order chi connectivity index (χ1) is 14.9. The lowest BCUT2D eigenvalue weighted by Crippen LogP contribution is -2.49. The van der Waals surface area contributed by atoms with Crippen molar-refractivity contribution in [2.75, 3.05) is 23.9 Å². The molecule has 1 aliphatic rings. The van der Waals surface area contributed by atoms with Crippen molar-refractivity contribution < 1.29 is 9.21 Å². The molecule has 0 radical (unpaired) electrons. The molecule has 2 heterocycles. The summed E-state index contributed by atoms with van der Waals surface area (Å²) >= 11 is 18.3. The number of hydrogen-bond acceptors (Lipinski definition) is 4. The molecule has 0 bridgehead atoms. The Balaban J connectivity index is 1.80. The number of carbonyl (C=O) groups excluding carboxylic acids is 1. The highest BCUT2D eigenvalue weighted by Crippen LogP contribution is 2.31. The van der Waals surface area contributed by atoms with Crippen molar-refractivity contribution in [3.05, 3.63) is 82.0 Å². The summed E-state index contributed by atoms with van der Waals surface area (Å²) < 4.78 is 5.38. The van der Waals surface area contributed by atoms with Gasteiger partial charge in [-0.3, -0.25) is 9.69 Å². The molecule has 1 amide bonds. The lowest BCUT2D eigenvalue weighted by molar-refractivity contribution is -0.119. The van der Waals surface area contributed by atoms with E-state index in [0.29, 0.717) is 38.5 Å². The number of carbonyl (C=O) groups is 1.